The zero-order valence-electron chi connectivity index (χ0n) is 7.98. The van der Waals surface area contributed by atoms with Crippen LogP contribution >= 0.6 is 0 Å². The number of fused-ring (bicyclic) bond motifs is 1. The van der Waals surface area contributed by atoms with Gasteiger partial charge in [-0.05, 0) is 25.0 Å². The molecule has 0 spiro atoms. The van der Waals surface area contributed by atoms with Gasteiger partial charge in [0.2, 0.25) is 5.95 Å². The Labute approximate surface area is 80.2 Å². The predicted octanol–water partition coefficient (Wildman–Crippen LogP) is 0.289. The van der Waals surface area contributed by atoms with Gasteiger partial charge in [-0.3, -0.25) is 4.40 Å². The van der Waals surface area contributed by atoms with Crippen molar-refractivity contribution in [2.75, 3.05) is 5.73 Å². The molecule has 0 saturated carbocycles. The predicted molar refractivity (Wildman–Crippen MR) is 53.1 cm³/mol. The van der Waals surface area contributed by atoms with Crippen LogP contribution in [0, 0.1) is 13.8 Å². The summed E-state index contributed by atoms with van der Waals surface area (Å²) in [6.45, 7) is 3.80. The second-order valence-corrected chi connectivity index (χ2v) is 3.26. The first kappa shape index (κ1) is 8.68. The van der Waals surface area contributed by atoms with Crippen LogP contribution in [0.25, 0.3) is 5.65 Å². The number of aryl methyl sites for hydroxylation is 2. The van der Waals surface area contributed by atoms with Gasteiger partial charge in [-0.1, -0.05) is 6.07 Å². The monoisotopic (exact) mass is 190 g/mol. The minimum atomic E-state index is -0.390. The first-order valence-corrected chi connectivity index (χ1v) is 4.21. The molecule has 0 bridgehead atoms. The molecule has 2 heterocycles. The van der Waals surface area contributed by atoms with Gasteiger partial charge in [0.25, 0.3) is 0 Å². The van der Waals surface area contributed by atoms with Gasteiger partial charge in [-0.15, -0.1) is 0 Å². The Kier molecular flexibility index (Phi) is 1.73. The highest BCUT2D eigenvalue weighted by Crippen LogP contribution is 2.08. The first-order valence-electron chi connectivity index (χ1n) is 4.21. The summed E-state index contributed by atoms with van der Waals surface area (Å²) in [5.74, 6) is 0.0157. The normalized spacial score (nSPS) is 10.7. The van der Waals surface area contributed by atoms with Gasteiger partial charge >= 0.3 is 5.69 Å². The minimum Gasteiger partial charge on any atom is -0.368 e. The molecule has 72 valence electrons. The van der Waals surface area contributed by atoms with E-state index in [0.29, 0.717) is 5.65 Å². The van der Waals surface area contributed by atoms with Crippen LogP contribution < -0.4 is 11.4 Å². The van der Waals surface area contributed by atoms with Crippen molar-refractivity contribution in [3.8, 4) is 0 Å². The largest absolute Gasteiger partial charge is 0.368 e. The van der Waals surface area contributed by atoms with E-state index in [1.807, 2.05) is 19.9 Å². The van der Waals surface area contributed by atoms with E-state index in [9.17, 15) is 4.79 Å². The van der Waals surface area contributed by atoms with Crippen LogP contribution in [0.15, 0.2) is 17.1 Å². The molecule has 2 N–H and O–H groups in total. The van der Waals surface area contributed by atoms with Crippen LogP contribution in [0.4, 0.5) is 5.95 Å². The lowest BCUT2D eigenvalue weighted by Crippen LogP contribution is -2.20. The number of pyridine rings is 1. The molecule has 0 aromatic carbocycles. The van der Waals surface area contributed by atoms with Crippen molar-refractivity contribution < 1.29 is 0 Å². The SMILES string of the molecule is Cc1cc(C)c2nc(N)nc(=O)n2c1. The van der Waals surface area contributed by atoms with Crippen molar-refractivity contribution in [3.63, 3.8) is 0 Å². The fourth-order valence-electron chi connectivity index (χ4n) is 1.47. The third-order valence-corrected chi connectivity index (χ3v) is 1.99. The summed E-state index contributed by atoms with van der Waals surface area (Å²) in [5.41, 5.74) is 7.47. The molecule has 0 radical (unpaired) electrons. The van der Waals surface area contributed by atoms with Crippen molar-refractivity contribution in [1.29, 1.82) is 0 Å². The van der Waals surface area contributed by atoms with Crippen LogP contribution in [0.2, 0.25) is 0 Å². The molecule has 0 aliphatic carbocycles. The standard InChI is InChI=1S/C9H10N4O/c1-5-3-6(2)7-11-8(10)12-9(14)13(7)4-5/h3-4H,1-2H3,(H2,10,12,14). The average Bonchev–Trinajstić information content (AvgIpc) is 2.07. The fourth-order valence-corrected chi connectivity index (χ4v) is 1.47. The summed E-state index contributed by atoms with van der Waals surface area (Å²) in [4.78, 5) is 19.0. The van der Waals surface area contributed by atoms with Crippen LogP contribution in [0.3, 0.4) is 0 Å². The van der Waals surface area contributed by atoms with E-state index >= 15 is 0 Å². The Balaban J connectivity index is 3.02. The van der Waals surface area contributed by atoms with Crippen molar-refractivity contribution in [3.05, 3.63) is 33.9 Å². The summed E-state index contributed by atoms with van der Waals surface area (Å²) >= 11 is 0. The van der Waals surface area contributed by atoms with E-state index in [4.69, 9.17) is 5.73 Å². The lowest BCUT2D eigenvalue weighted by atomic mass is 10.2. The molecule has 0 atom stereocenters. The molecule has 2 rings (SSSR count). The zero-order valence-corrected chi connectivity index (χ0v) is 7.98. The van der Waals surface area contributed by atoms with E-state index in [1.165, 1.54) is 4.40 Å². The third kappa shape index (κ3) is 1.22. The lowest BCUT2D eigenvalue weighted by Gasteiger charge is -2.04. The summed E-state index contributed by atoms with van der Waals surface area (Å²) < 4.78 is 1.40. The van der Waals surface area contributed by atoms with E-state index in [-0.39, 0.29) is 11.6 Å². The maximum absolute atomic E-state index is 11.4. The summed E-state index contributed by atoms with van der Waals surface area (Å²) in [5, 5.41) is 0. The second-order valence-electron chi connectivity index (χ2n) is 3.26. The molecule has 0 aliphatic heterocycles. The van der Waals surface area contributed by atoms with Gasteiger partial charge in [-0.25, -0.2) is 4.79 Å². The molecule has 0 amide bonds. The first-order chi connectivity index (χ1) is 6.58. The average molecular weight is 190 g/mol. The minimum absolute atomic E-state index is 0.0157. The second kappa shape index (κ2) is 2.80. The summed E-state index contributed by atoms with van der Waals surface area (Å²) in [6.07, 6.45) is 1.70. The number of anilines is 1. The maximum atomic E-state index is 11.4. The highest BCUT2D eigenvalue weighted by Gasteiger charge is 2.04. The molecule has 2 aromatic heterocycles. The van der Waals surface area contributed by atoms with Gasteiger partial charge in [0, 0.05) is 6.20 Å². The number of nitrogens with two attached hydrogens (primary N) is 1. The van der Waals surface area contributed by atoms with Crippen LogP contribution in [0.1, 0.15) is 11.1 Å². The molecule has 0 fully saturated rings. The lowest BCUT2D eigenvalue weighted by molar-refractivity contribution is 0.936. The smallest absolute Gasteiger partial charge is 0.356 e. The number of hydrogen-bond donors (Lipinski definition) is 1. The van der Waals surface area contributed by atoms with Gasteiger partial charge in [0.1, 0.15) is 5.65 Å². The number of rotatable bonds is 0. The molecule has 2 aromatic rings. The quantitative estimate of drug-likeness (QED) is 0.648. The Hall–Kier alpha value is -1.91. The summed E-state index contributed by atoms with van der Waals surface area (Å²) in [7, 11) is 0. The molecule has 0 aliphatic rings. The number of nitrogens with zero attached hydrogens (tertiary/aromatic N) is 3. The van der Waals surface area contributed by atoms with E-state index < -0.39 is 0 Å². The van der Waals surface area contributed by atoms with Crippen molar-refractivity contribution in [2.24, 2.45) is 0 Å². The van der Waals surface area contributed by atoms with Gasteiger partial charge in [0.15, 0.2) is 0 Å². The molecule has 14 heavy (non-hydrogen) atoms. The Morgan fingerprint density at radius 3 is 2.79 bits per heavy atom. The number of hydrogen-bond acceptors (Lipinski definition) is 4. The van der Waals surface area contributed by atoms with E-state index in [0.717, 1.165) is 11.1 Å². The van der Waals surface area contributed by atoms with Crippen molar-refractivity contribution >= 4 is 11.6 Å². The molecule has 5 heteroatoms. The highest BCUT2D eigenvalue weighted by molar-refractivity contribution is 5.49. The third-order valence-electron chi connectivity index (χ3n) is 1.99. The number of nitrogen functional groups attached to an aromatic ring is 1. The Bertz CT molecular complexity index is 558. The Morgan fingerprint density at radius 1 is 1.36 bits per heavy atom. The van der Waals surface area contributed by atoms with E-state index in [1.54, 1.807) is 6.20 Å². The Morgan fingerprint density at radius 2 is 2.07 bits per heavy atom. The molecule has 0 unspecified atom stereocenters. The van der Waals surface area contributed by atoms with E-state index in [2.05, 4.69) is 9.97 Å². The highest BCUT2D eigenvalue weighted by atomic mass is 16.1. The van der Waals surface area contributed by atoms with Crippen molar-refractivity contribution in [2.45, 2.75) is 13.8 Å². The van der Waals surface area contributed by atoms with Gasteiger partial charge in [-0.2, -0.15) is 9.97 Å². The van der Waals surface area contributed by atoms with Crippen LogP contribution in [-0.4, -0.2) is 14.4 Å². The maximum Gasteiger partial charge on any atom is 0.356 e. The van der Waals surface area contributed by atoms with Gasteiger partial charge in [0.05, 0.1) is 0 Å². The number of aromatic nitrogens is 3. The zero-order chi connectivity index (χ0) is 10.3. The summed E-state index contributed by atoms with van der Waals surface area (Å²) in [6, 6.07) is 1.95. The van der Waals surface area contributed by atoms with Crippen molar-refractivity contribution in [1.82, 2.24) is 14.4 Å². The van der Waals surface area contributed by atoms with Crippen LogP contribution in [-0.2, 0) is 0 Å². The molecular formula is C9H10N4O. The molecular weight excluding hydrogens is 180 g/mol. The van der Waals surface area contributed by atoms with Gasteiger partial charge < -0.3 is 5.73 Å². The topological polar surface area (TPSA) is 73.3 Å². The molecule has 0 saturated heterocycles. The molecule has 5 nitrogen and oxygen atoms in total. The van der Waals surface area contributed by atoms with Crippen LogP contribution in [0.5, 0.6) is 0 Å². The fraction of sp³-hybridized carbons (Fsp3) is 0.222.